The number of hydrogen-bond donors (Lipinski definition) is 2. The van der Waals surface area contributed by atoms with E-state index in [4.69, 9.17) is 0 Å². The minimum Gasteiger partial charge on any atom is -0.339 e. The van der Waals surface area contributed by atoms with Crippen LogP contribution in [0.5, 0.6) is 0 Å². The van der Waals surface area contributed by atoms with Gasteiger partial charge >= 0.3 is 6.03 Å². The molecule has 3 amide bonds. The van der Waals surface area contributed by atoms with Crippen LogP contribution in [0.1, 0.15) is 5.56 Å². The molecule has 23 heavy (non-hydrogen) atoms. The van der Waals surface area contributed by atoms with E-state index in [2.05, 4.69) is 10.6 Å². The predicted octanol–water partition coefficient (Wildman–Crippen LogP) is 1.31. The van der Waals surface area contributed by atoms with Gasteiger partial charge in [0.25, 0.3) is 0 Å². The van der Waals surface area contributed by atoms with Crippen molar-refractivity contribution in [1.29, 1.82) is 0 Å². The molecule has 2 aliphatic rings. The summed E-state index contributed by atoms with van der Waals surface area (Å²) < 4.78 is 0. The van der Waals surface area contributed by atoms with Gasteiger partial charge < -0.3 is 20.4 Å². The van der Waals surface area contributed by atoms with E-state index in [9.17, 15) is 9.59 Å². The van der Waals surface area contributed by atoms with Gasteiger partial charge in [0.2, 0.25) is 5.91 Å². The highest BCUT2D eigenvalue weighted by molar-refractivity contribution is 5.89. The summed E-state index contributed by atoms with van der Waals surface area (Å²) in [5.74, 6) is 0.352. The molecule has 2 fully saturated rings. The monoisotopic (exact) mass is 338 g/mol. The smallest absolute Gasteiger partial charge is 0.321 e. The number of rotatable bonds is 2. The normalized spacial score (nSPS) is 18.0. The SMILES string of the molecule is Cc1cccc(NC(=O)N2CCN(C(=O)C3CNC3)CC2)c1.Cl. The molecule has 0 saturated carbocycles. The number of urea groups is 1. The van der Waals surface area contributed by atoms with Gasteiger partial charge in [-0.15, -0.1) is 12.4 Å². The summed E-state index contributed by atoms with van der Waals surface area (Å²) in [5.41, 5.74) is 1.92. The number of benzene rings is 1. The number of carbonyl (C=O) groups excluding carboxylic acids is 2. The van der Waals surface area contributed by atoms with Crippen molar-refractivity contribution in [3.63, 3.8) is 0 Å². The first-order valence-electron chi connectivity index (χ1n) is 7.75. The Kier molecular flexibility index (Phi) is 5.85. The van der Waals surface area contributed by atoms with Crippen LogP contribution in [-0.2, 0) is 4.79 Å². The number of hydrogen-bond acceptors (Lipinski definition) is 3. The molecule has 0 aromatic heterocycles. The Morgan fingerprint density at radius 2 is 1.78 bits per heavy atom. The lowest BCUT2D eigenvalue weighted by Crippen LogP contribution is -2.57. The summed E-state index contributed by atoms with van der Waals surface area (Å²) in [6.45, 7) is 5.98. The first kappa shape index (κ1) is 17.6. The molecule has 2 aliphatic heterocycles. The quantitative estimate of drug-likeness (QED) is 0.854. The van der Waals surface area contributed by atoms with Crippen LogP contribution in [-0.4, -0.2) is 61.0 Å². The fourth-order valence-corrected chi connectivity index (χ4v) is 2.78. The van der Waals surface area contributed by atoms with Gasteiger partial charge in [-0.25, -0.2) is 4.79 Å². The highest BCUT2D eigenvalue weighted by Gasteiger charge is 2.31. The summed E-state index contributed by atoms with van der Waals surface area (Å²) in [4.78, 5) is 28.1. The van der Waals surface area contributed by atoms with E-state index in [1.807, 2.05) is 36.1 Å². The maximum absolute atomic E-state index is 12.3. The van der Waals surface area contributed by atoms with Gasteiger partial charge in [-0.3, -0.25) is 4.79 Å². The maximum Gasteiger partial charge on any atom is 0.321 e. The number of aryl methyl sites for hydroxylation is 1. The minimum absolute atomic E-state index is 0. The number of nitrogens with zero attached hydrogens (tertiary/aromatic N) is 2. The Hall–Kier alpha value is -1.79. The molecule has 3 rings (SSSR count). The van der Waals surface area contributed by atoms with Gasteiger partial charge in [0.1, 0.15) is 0 Å². The van der Waals surface area contributed by atoms with Crippen molar-refractivity contribution < 1.29 is 9.59 Å². The topological polar surface area (TPSA) is 64.7 Å². The third-order valence-corrected chi connectivity index (χ3v) is 4.28. The lowest BCUT2D eigenvalue weighted by atomic mass is 10.0. The molecule has 126 valence electrons. The molecule has 0 spiro atoms. The average molecular weight is 339 g/mol. The first-order valence-corrected chi connectivity index (χ1v) is 7.75. The second-order valence-corrected chi connectivity index (χ2v) is 5.97. The van der Waals surface area contributed by atoms with Crippen molar-refractivity contribution in [2.45, 2.75) is 6.92 Å². The van der Waals surface area contributed by atoms with E-state index < -0.39 is 0 Å². The standard InChI is InChI=1S/C16H22N4O2.ClH/c1-12-3-2-4-14(9-12)18-16(22)20-7-5-19(6-8-20)15(21)13-10-17-11-13;/h2-4,9,13,17H,5-8,10-11H2,1H3,(H,18,22);1H. The van der Waals surface area contributed by atoms with E-state index in [1.165, 1.54) is 0 Å². The van der Waals surface area contributed by atoms with Crippen LogP contribution in [0.15, 0.2) is 24.3 Å². The molecule has 7 heteroatoms. The fourth-order valence-electron chi connectivity index (χ4n) is 2.78. The molecular weight excluding hydrogens is 316 g/mol. The lowest BCUT2D eigenvalue weighted by molar-refractivity contribution is -0.138. The molecule has 0 radical (unpaired) electrons. The lowest BCUT2D eigenvalue weighted by Gasteiger charge is -2.38. The molecule has 2 saturated heterocycles. The Labute approximate surface area is 142 Å². The fraction of sp³-hybridized carbons (Fsp3) is 0.500. The summed E-state index contributed by atoms with van der Waals surface area (Å²) in [6.07, 6.45) is 0. The Bertz CT molecular complexity index is 569. The first-order chi connectivity index (χ1) is 10.6. The number of halogens is 1. The third kappa shape index (κ3) is 4.14. The highest BCUT2D eigenvalue weighted by Crippen LogP contribution is 2.13. The summed E-state index contributed by atoms with van der Waals surface area (Å²) in [6, 6.07) is 7.65. The average Bonchev–Trinajstić information content (AvgIpc) is 2.45. The van der Waals surface area contributed by atoms with Crippen LogP contribution < -0.4 is 10.6 Å². The second-order valence-electron chi connectivity index (χ2n) is 5.97. The van der Waals surface area contributed by atoms with E-state index >= 15 is 0 Å². The van der Waals surface area contributed by atoms with Crippen molar-refractivity contribution in [2.75, 3.05) is 44.6 Å². The third-order valence-electron chi connectivity index (χ3n) is 4.28. The van der Waals surface area contributed by atoms with Crippen molar-refractivity contribution in [3.05, 3.63) is 29.8 Å². The van der Waals surface area contributed by atoms with Gasteiger partial charge in [0.05, 0.1) is 5.92 Å². The Morgan fingerprint density at radius 1 is 1.13 bits per heavy atom. The molecule has 2 heterocycles. The van der Waals surface area contributed by atoms with Crippen LogP contribution in [0.25, 0.3) is 0 Å². The van der Waals surface area contributed by atoms with Gasteiger partial charge in [0, 0.05) is 45.0 Å². The van der Waals surface area contributed by atoms with Crippen LogP contribution in [0.3, 0.4) is 0 Å². The van der Waals surface area contributed by atoms with Crippen LogP contribution >= 0.6 is 12.4 Å². The maximum atomic E-state index is 12.3. The zero-order valence-electron chi connectivity index (χ0n) is 13.2. The zero-order chi connectivity index (χ0) is 15.5. The van der Waals surface area contributed by atoms with Crippen LogP contribution in [0.2, 0.25) is 0 Å². The predicted molar refractivity (Wildman–Crippen MR) is 92.0 cm³/mol. The number of amides is 3. The van der Waals surface area contributed by atoms with E-state index in [1.54, 1.807) is 4.90 Å². The van der Waals surface area contributed by atoms with E-state index in [0.29, 0.717) is 26.2 Å². The molecule has 2 N–H and O–H groups in total. The summed E-state index contributed by atoms with van der Waals surface area (Å²) in [7, 11) is 0. The molecule has 1 aromatic carbocycles. The van der Waals surface area contributed by atoms with Crippen molar-refractivity contribution in [2.24, 2.45) is 5.92 Å². The molecule has 0 bridgehead atoms. The summed E-state index contributed by atoms with van der Waals surface area (Å²) >= 11 is 0. The van der Waals surface area contributed by atoms with E-state index in [0.717, 1.165) is 24.3 Å². The molecule has 1 aromatic rings. The Morgan fingerprint density at radius 3 is 2.35 bits per heavy atom. The molecule has 0 unspecified atom stereocenters. The molecule has 6 nitrogen and oxygen atoms in total. The highest BCUT2D eigenvalue weighted by atomic mass is 35.5. The second kappa shape index (κ2) is 7.66. The van der Waals surface area contributed by atoms with Gasteiger partial charge in [0.15, 0.2) is 0 Å². The summed E-state index contributed by atoms with van der Waals surface area (Å²) in [5, 5.41) is 6.03. The number of piperazine rings is 1. The minimum atomic E-state index is -0.0944. The molecule has 0 aliphatic carbocycles. The van der Waals surface area contributed by atoms with Crippen molar-refractivity contribution in [3.8, 4) is 0 Å². The zero-order valence-corrected chi connectivity index (χ0v) is 14.1. The number of nitrogens with one attached hydrogen (secondary N) is 2. The number of carbonyl (C=O) groups is 2. The van der Waals surface area contributed by atoms with Gasteiger partial charge in [-0.2, -0.15) is 0 Å². The van der Waals surface area contributed by atoms with Crippen molar-refractivity contribution in [1.82, 2.24) is 15.1 Å². The van der Waals surface area contributed by atoms with E-state index in [-0.39, 0.29) is 30.3 Å². The Balaban J connectivity index is 0.00000192. The van der Waals surface area contributed by atoms with Crippen LogP contribution in [0, 0.1) is 12.8 Å². The van der Waals surface area contributed by atoms with Gasteiger partial charge in [-0.1, -0.05) is 12.1 Å². The van der Waals surface area contributed by atoms with Gasteiger partial charge in [-0.05, 0) is 24.6 Å². The largest absolute Gasteiger partial charge is 0.339 e. The van der Waals surface area contributed by atoms with Crippen molar-refractivity contribution >= 4 is 30.0 Å². The number of anilines is 1. The molecular formula is C16H23ClN4O2. The van der Waals surface area contributed by atoms with Crippen LogP contribution in [0.4, 0.5) is 10.5 Å². The molecule has 0 atom stereocenters.